The third-order valence-electron chi connectivity index (χ3n) is 3.70. The Morgan fingerprint density at radius 3 is 2.76 bits per heavy atom. The van der Waals surface area contributed by atoms with Crippen LogP contribution in [0.4, 0.5) is 0 Å². The van der Waals surface area contributed by atoms with E-state index in [1.807, 2.05) is 30.3 Å². The quantitative estimate of drug-likeness (QED) is 0.736. The largest absolute Gasteiger partial charge is 0.491 e. The van der Waals surface area contributed by atoms with E-state index < -0.39 is 0 Å². The fourth-order valence-electron chi connectivity index (χ4n) is 2.60. The normalized spacial score (nSPS) is 19.3. The Bertz CT molecular complexity index is 425. The van der Waals surface area contributed by atoms with Crippen molar-refractivity contribution in [3.63, 3.8) is 0 Å². The van der Waals surface area contributed by atoms with E-state index in [-0.39, 0.29) is 11.9 Å². The van der Waals surface area contributed by atoms with Crippen molar-refractivity contribution in [2.45, 2.75) is 25.3 Å². The van der Waals surface area contributed by atoms with Crippen LogP contribution in [-0.4, -0.2) is 49.8 Å². The summed E-state index contributed by atoms with van der Waals surface area (Å²) in [5.41, 5.74) is 5.43. The summed E-state index contributed by atoms with van der Waals surface area (Å²) in [7, 11) is 0. The van der Waals surface area contributed by atoms with E-state index in [9.17, 15) is 4.79 Å². The van der Waals surface area contributed by atoms with E-state index in [0.29, 0.717) is 19.8 Å². The van der Waals surface area contributed by atoms with Crippen molar-refractivity contribution in [2.75, 3.05) is 32.9 Å². The molecule has 116 valence electrons. The van der Waals surface area contributed by atoms with Crippen LogP contribution in [-0.2, 0) is 9.53 Å². The Hall–Kier alpha value is -1.59. The molecule has 1 aromatic carbocycles. The van der Waals surface area contributed by atoms with E-state index in [4.69, 9.17) is 15.2 Å². The van der Waals surface area contributed by atoms with Crippen molar-refractivity contribution in [3.05, 3.63) is 30.3 Å². The monoisotopic (exact) mass is 292 g/mol. The number of ether oxygens (including phenoxy) is 2. The molecular formula is C16H24N2O3. The van der Waals surface area contributed by atoms with Gasteiger partial charge in [0.05, 0.1) is 19.3 Å². The second kappa shape index (κ2) is 8.64. The predicted octanol–water partition coefficient (Wildman–Crippen LogP) is 1.42. The minimum atomic E-state index is -0.220. The maximum absolute atomic E-state index is 11.4. The molecule has 0 spiro atoms. The van der Waals surface area contributed by atoms with Gasteiger partial charge in [0.2, 0.25) is 5.91 Å². The summed E-state index contributed by atoms with van der Waals surface area (Å²) in [6, 6.07) is 9.56. The maximum Gasteiger partial charge on any atom is 0.234 e. The standard InChI is InChI=1S/C16H24N2O3/c17-16(19)15-8-4-5-9-18(15)10-11-20-12-13-21-14-6-2-1-3-7-14/h1-3,6-7,15H,4-5,8-13H2,(H2,17,19). The molecule has 2 N–H and O–H groups in total. The van der Waals surface area contributed by atoms with Crippen LogP contribution < -0.4 is 10.5 Å². The first kappa shape index (κ1) is 15.8. The number of hydrogen-bond donors (Lipinski definition) is 1. The number of carbonyl (C=O) groups excluding carboxylic acids is 1. The van der Waals surface area contributed by atoms with Gasteiger partial charge in [-0.2, -0.15) is 0 Å². The first-order valence-electron chi connectivity index (χ1n) is 7.56. The minimum absolute atomic E-state index is 0.122. The Balaban J connectivity index is 1.57. The minimum Gasteiger partial charge on any atom is -0.491 e. The molecule has 1 aromatic rings. The zero-order valence-electron chi connectivity index (χ0n) is 12.4. The molecule has 1 unspecified atom stereocenters. The van der Waals surface area contributed by atoms with Crippen molar-refractivity contribution >= 4 is 5.91 Å². The lowest BCUT2D eigenvalue weighted by Gasteiger charge is -2.33. The van der Waals surface area contributed by atoms with E-state index in [2.05, 4.69) is 4.90 Å². The number of nitrogens with zero attached hydrogens (tertiary/aromatic N) is 1. The van der Waals surface area contributed by atoms with Gasteiger partial charge in [-0.05, 0) is 31.5 Å². The van der Waals surface area contributed by atoms with Crippen LogP contribution in [0.2, 0.25) is 0 Å². The number of para-hydroxylation sites is 1. The third-order valence-corrected chi connectivity index (χ3v) is 3.70. The summed E-state index contributed by atoms with van der Waals surface area (Å²) in [5, 5.41) is 0. The van der Waals surface area contributed by atoms with Gasteiger partial charge in [-0.3, -0.25) is 9.69 Å². The molecule has 0 aliphatic carbocycles. The Morgan fingerprint density at radius 2 is 2.00 bits per heavy atom. The van der Waals surface area contributed by atoms with E-state index >= 15 is 0 Å². The van der Waals surface area contributed by atoms with Crippen molar-refractivity contribution < 1.29 is 14.3 Å². The number of rotatable bonds is 8. The summed E-state index contributed by atoms with van der Waals surface area (Å²) in [5.74, 6) is 0.632. The van der Waals surface area contributed by atoms with Crippen molar-refractivity contribution in [1.82, 2.24) is 4.90 Å². The lowest BCUT2D eigenvalue weighted by molar-refractivity contribution is -0.124. The highest BCUT2D eigenvalue weighted by molar-refractivity contribution is 5.79. The van der Waals surface area contributed by atoms with Gasteiger partial charge in [-0.15, -0.1) is 0 Å². The Kier molecular flexibility index (Phi) is 6.50. The fraction of sp³-hybridized carbons (Fsp3) is 0.562. The third kappa shape index (κ3) is 5.36. The Morgan fingerprint density at radius 1 is 1.19 bits per heavy atom. The molecule has 0 aromatic heterocycles. The van der Waals surface area contributed by atoms with E-state index in [1.54, 1.807) is 0 Å². The summed E-state index contributed by atoms with van der Waals surface area (Å²) < 4.78 is 11.1. The number of carbonyl (C=O) groups is 1. The molecule has 1 atom stereocenters. The van der Waals surface area contributed by atoms with Crippen LogP contribution >= 0.6 is 0 Å². The summed E-state index contributed by atoms with van der Waals surface area (Å²) >= 11 is 0. The molecule has 0 radical (unpaired) electrons. The zero-order chi connectivity index (χ0) is 14.9. The summed E-state index contributed by atoms with van der Waals surface area (Å²) in [6.45, 7) is 3.35. The molecule has 1 heterocycles. The van der Waals surface area contributed by atoms with Gasteiger partial charge < -0.3 is 15.2 Å². The van der Waals surface area contributed by atoms with Gasteiger partial charge in [-0.25, -0.2) is 0 Å². The first-order valence-corrected chi connectivity index (χ1v) is 7.56. The van der Waals surface area contributed by atoms with Crippen molar-refractivity contribution in [1.29, 1.82) is 0 Å². The smallest absolute Gasteiger partial charge is 0.234 e. The highest BCUT2D eigenvalue weighted by Crippen LogP contribution is 2.16. The molecule has 2 rings (SSSR count). The molecule has 1 fully saturated rings. The van der Waals surface area contributed by atoms with Crippen LogP contribution in [0, 0.1) is 0 Å². The number of hydrogen-bond acceptors (Lipinski definition) is 4. The van der Waals surface area contributed by atoms with Crippen LogP contribution in [0.1, 0.15) is 19.3 Å². The van der Waals surface area contributed by atoms with Gasteiger partial charge in [-0.1, -0.05) is 24.6 Å². The molecule has 5 nitrogen and oxygen atoms in total. The van der Waals surface area contributed by atoms with Gasteiger partial charge >= 0.3 is 0 Å². The van der Waals surface area contributed by atoms with Crippen LogP contribution in [0.15, 0.2) is 30.3 Å². The number of piperidine rings is 1. The molecule has 1 amide bonds. The van der Waals surface area contributed by atoms with Crippen LogP contribution in [0.25, 0.3) is 0 Å². The van der Waals surface area contributed by atoms with Crippen molar-refractivity contribution in [3.8, 4) is 5.75 Å². The van der Waals surface area contributed by atoms with Gasteiger partial charge in [0, 0.05) is 6.54 Å². The number of nitrogens with two attached hydrogens (primary N) is 1. The first-order chi connectivity index (χ1) is 10.3. The van der Waals surface area contributed by atoms with Crippen LogP contribution in [0.3, 0.4) is 0 Å². The topological polar surface area (TPSA) is 64.8 Å². The molecule has 1 aliphatic heterocycles. The van der Waals surface area contributed by atoms with Gasteiger partial charge in [0.1, 0.15) is 12.4 Å². The second-order valence-corrected chi connectivity index (χ2v) is 5.22. The fourth-order valence-corrected chi connectivity index (χ4v) is 2.60. The maximum atomic E-state index is 11.4. The van der Waals surface area contributed by atoms with Gasteiger partial charge in [0.25, 0.3) is 0 Å². The average molecular weight is 292 g/mol. The highest BCUT2D eigenvalue weighted by atomic mass is 16.5. The molecular weight excluding hydrogens is 268 g/mol. The lowest BCUT2D eigenvalue weighted by atomic mass is 10.0. The number of benzene rings is 1. The number of amides is 1. The number of likely N-dealkylation sites (tertiary alicyclic amines) is 1. The molecule has 5 heteroatoms. The van der Waals surface area contributed by atoms with E-state index in [0.717, 1.165) is 38.1 Å². The van der Waals surface area contributed by atoms with Crippen LogP contribution in [0.5, 0.6) is 5.75 Å². The molecule has 1 saturated heterocycles. The Labute approximate surface area is 126 Å². The average Bonchev–Trinajstić information content (AvgIpc) is 2.52. The lowest BCUT2D eigenvalue weighted by Crippen LogP contribution is -2.48. The predicted molar refractivity (Wildman–Crippen MR) is 81.2 cm³/mol. The molecule has 1 aliphatic rings. The molecule has 0 bridgehead atoms. The highest BCUT2D eigenvalue weighted by Gasteiger charge is 2.26. The molecule has 21 heavy (non-hydrogen) atoms. The number of primary amides is 1. The summed E-state index contributed by atoms with van der Waals surface area (Å²) in [6.07, 6.45) is 3.07. The summed E-state index contributed by atoms with van der Waals surface area (Å²) in [4.78, 5) is 13.5. The molecule has 0 saturated carbocycles. The van der Waals surface area contributed by atoms with Gasteiger partial charge in [0.15, 0.2) is 0 Å². The van der Waals surface area contributed by atoms with E-state index in [1.165, 1.54) is 0 Å². The second-order valence-electron chi connectivity index (χ2n) is 5.22. The SMILES string of the molecule is NC(=O)C1CCCCN1CCOCCOc1ccccc1. The zero-order valence-corrected chi connectivity index (χ0v) is 12.4. The van der Waals surface area contributed by atoms with Crippen molar-refractivity contribution in [2.24, 2.45) is 5.73 Å².